The molecule has 1 rings (SSSR count). The predicted octanol–water partition coefficient (Wildman–Crippen LogP) is -2.67. The van der Waals surface area contributed by atoms with E-state index < -0.39 is 24.4 Å². The van der Waals surface area contributed by atoms with Gasteiger partial charge in [0.05, 0.1) is 12.6 Å². The molecule has 6 N–H and O–H groups in total. The summed E-state index contributed by atoms with van der Waals surface area (Å²) in [6.07, 6.45) is -2.34. The van der Waals surface area contributed by atoms with Gasteiger partial charge < -0.3 is 26.2 Å². The monoisotopic (exact) mass is 175 g/mol. The van der Waals surface area contributed by atoms with Gasteiger partial charge in [-0.05, 0) is 5.57 Å². The van der Waals surface area contributed by atoms with Gasteiger partial charge in [0.15, 0.2) is 0 Å². The van der Waals surface area contributed by atoms with Crippen molar-refractivity contribution >= 4 is 0 Å². The maximum Gasteiger partial charge on any atom is 0.111 e. The third-order valence-electron chi connectivity index (χ3n) is 2.04. The average Bonchev–Trinajstić information content (AvgIpc) is 2.08. The van der Waals surface area contributed by atoms with Crippen LogP contribution < -0.4 is 5.73 Å². The fraction of sp³-hybridized carbons (Fsp3) is 0.714. The molecule has 0 amide bonds. The van der Waals surface area contributed by atoms with E-state index in [1.165, 1.54) is 6.08 Å². The minimum absolute atomic E-state index is 0.250. The van der Waals surface area contributed by atoms with E-state index in [9.17, 15) is 10.2 Å². The van der Waals surface area contributed by atoms with E-state index in [0.29, 0.717) is 0 Å². The Bertz CT molecular complexity index is 194. The van der Waals surface area contributed by atoms with Crippen LogP contribution in [0, 0.1) is 0 Å². The first-order valence-corrected chi connectivity index (χ1v) is 3.69. The van der Waals surface area contributed by atoms with Crippen LogP contribution in [0.4, 0.5) is 0 Å². The minimum atomic E-state index is -1.31. The van der Waals surface area contributed by atoms with Gasteiger partial charge in [0.2, 0.25) is 0 Å². The smallest absolute Gasteiger partial charge is 0.111 e. The Balaban J connectivity index is 2.84. The Morgan fingerprint density at radius 1 is 1.25 bits per heavy atom. The van der Waals surface area contributed by atoms with E-state index in [1.54, 1.807) is 0 Å². The molecule has 5 nitrogen and oxygen atoms in total. The van der Waals surface area contributed by atoms with Crippen molar-refractivity contribution in [1.82, 2.24) is 0 Å². The molecule has 0 saturated carbocycles. The van der Waals surface area contributed by atoms with Gasteiger partial charge in [0.25, 0.3) is 0 Å². The molecule has 0 bridgehead atoms. The normalized spacial score (nSPS) is 42.6. The summed E-state index contributed by atoms with van der Waals surface area (Å²) >= 11 is 0. The lowest BCUT2D eigenvalue weighted by Crippen LogP contribution is -2.52. The van der Waals surface area contributed by atoms with E-state index in [-0.39, 0.29) is 12.2 Å². The zero-order chi connectivity index (χ0) is 9.30. The molecule has 0 aromatic rings. The van der Waals surface area contributed by atoms with Gasteiger partial charge in [0, 0.05) is 0 Å². The van der Waals surface area contributed by atoms with Crippen molar-refractivity contribution < 1.29 is 20.4 Å². The summed E-state index contributed by atoms with van der Waals surface area (Å²) in [7, 11) is 0. The van der Waals surface area contributed by atoms with E-state index in [1.807, 2.05) is 0 Å². The van der Waals surface area contributed by atoms with Crippen molar-refractivity contribution in [3.8, 4) is 0 Å². The summed E-state index contributed by atoms with van der Waals surface area (Å²) in [5, 5.41) is 36.3. The summed E-state index contributed by atoms with van der Waals surface area (Å²) in [6, 6.07) is -0.731. The fourth-order valence-corrected chi connectivity index (χ4v) is 1.22. The van der Waals surface area contributed by atoms with Gasteiger partial charge in [-0.2, -0.15) is 0 Å². The lowest BCUT2D eigenvalue weighted by atomic mass is 9.89. The van der Waals surface area contributed by atoms with Crippen LogP contribution in [0.25, 0.3) is 0 Å². The highest BCUT2D eigenvalue weighted by Crippen LogP contribution is 2.18. The Hall–Kier alpha value is -0.460. The Morgan fingerprint density at radius 3 is 2.33 bits per heavy atom. The molecule has 0 unspecified atom stereocenters. The molecule has 1 aliphatic rings. The molecular weight excluding hydrogens is 162 g/mol. The highest BCUT2D eigenvalue weighted by Gasteiger charge is 2.34. The lowest BCUT2D eigenvalue weighted by molar-refractivity contribution is -0.0596. The molecule has 0 aromatic carbocycles. The van der Waals surface area contributed by atoms with E-state index >= 15 is 0 Å². The second-order valence-electron chi connectivity index (χ2n) is 2.90. The van der Waals surface area contributed by atoms with Gasteiger partial charge in [-0.3, -0.25) is 0 Å². The molecule has 0 saturated heterocycles. The van der Waals surface area contributed by atoms with Crippen molar-refractivity contribution in [2.75, 3.05) is 6.61 Å². The highest BCUT2D eigenvalue weighted by atomic mass is 16.4. The van der Waals surface area contributed by atoms with Gasteiger partial charge in [0.1, 0.15) is 18.3 Å². The van der Waals surface area contributed by atoms with Crippen LogP contribution in [0.15, 0.2) is 11.6 Å². The zero-order valence-corrected chi connectivity index (χ0v) is 6.46. The molecule has 1 aliphatic carbocycles. The summed E-state index contributed by atoms with van der Waals surface area (Å²) in [6.45, 7) is -0.362. The third-order valence-corrected chi connectivity index (χ3v) is 2.04. The second kappa shape index (κ2) is 3.51. The van der Waals surface area contributed by atoms with Gasteiger partial charge >= 0.3 is 0 Å². The zero-order valence-electron chi connectivity index (χ0n) is 6.46. The molecule has 0 aromatic heterocycles. The average molecular weight is 175 g/mol. The third kappa shape index (κ3) is 1.50. The maximum absolute atomic E-state index is 9.23. The number of hydrogen-bond acceptors (Lipinski definition) is 5. The lowest BCUT2D eigenvalue weighted by Gasteiger charge is -2.32. The van der Waals surface area contributed by atoms with Crippen LogP contribution >= 0.6 is 0 Å². The highest BCUT2D eigenvalue weighted by molar-refractivity contribution is 5.20. The summed E-state index contributed by atoms with van der Waals surface area (Å²) in [4.78, 5) is 0. The number of aliphatic hydroxyl groups excluding tert-OH is 4. The van der Waals surface area contributed by atoms with E-state index in [0.717, 1.165) is 0 Å². The first-order valence-electron chi connectivity index (χ1n) is 3.69. The molecule has 0 aliphatic heterocycles. The van der Waals surface area contributed by atoms with Crippen molar-refractivity contribution in [2.24, 2.45) is 5.73 Å². The molecule has 4 atom stereocenters. The molecule has 5 heteroatoms. The van der Waals surface area contributed by atoms with Gasteiger partial charge in [-0.1, -0.05) is 6.08 Å². The summed E-state index contributed by atoms with van der Waals surface area (Å²) in [5.74, 6) is 0. The predicted molar refractivity (Wildman–Crippen MR) is 41.2 cm³/mol. The number of rotatable bonds is 1. The fourth-order valence-electron chi connectivity index (χ4n) is 1.22. The van der Waals surface area contributed by atoms with Crippen LogP contribution in [0.1, 0.15) is 0 Å². The SMILES string of the molecule is N[C@@H]1C=C(CO)[C@@H](O)[C@H](O)[C@H]1O. The van der Waals surface area contributed by atoms with Gasteiger partial charge in [-0.15, -0.1) is 0 Å². The van der Waals surface area contributed by atoms with Crippen molar-refractivity contribution in [2.45, 2.75) is 24.4 Å². The molecule has 0 fully saturated rings. The molecule has 0 heterocycles. The number of aliphatic hydroxyl groups is 4. The minimum Gasteiger partial charge on any atom is -0.392 e. The van der Waals surface area contributed by atoms with Crippen LogP contribution in [0.2, 0.25) is 0 Å². The van der Waals surface area contributed by atoms with Gasteiger partial charge in [-0.25, -0.2) is 0 Å². The van der Waals surface area contributed by atoms with Crippen LogP contribution in [0.3, 0.4) is 0 Å². The molecule has 12 heavy (non-hydrogen) atoms. The molecule has 0 spiro atoms. The topological polar surface area (TPSA) is 107 Å². The Morgan fingerprint density at radius 2 is 1.83 bits per heavy atom. The van der Waals surface area contributed by atoms with E-state index in [2.05, 4.69) is 0 Å². The van der Waals surface area contributed by atoms with Crippen molar-refractivity contribution in [3.63, 3.8) is 0 Å². The van der Waals surface area contributed by atoms with E-state index in [4.69, 9.17) is 15.9 Å². The summed E-state index contributed by atoms with van der Waals surface area (Å²) in [5.41, 5.74) is 5.64. The van der Waals surface area contributed by atoms with Crippen molar-refractivity contribution in [1.29, 1.82) is 0 Å². The van der Waals surface area contributed by atoms with Crippen LogP contribution in [0.5, 0.6) is 0 Å². The Kier molecular flexibility index (Phi) is 2.81. The molecule has 70 valence electrons. The standard InChI is InChI=1S/C7H13NO4/c8-4-1-3(2-9)5(10)7(12)6(4)11/h1,4-7,9-12H,2,8H2/t4-,5-,6+,7+/m1/s1. The largest absolute Gasteiger partial charge is 0.392 e. The van der Waals surface area contributed by atoms with Crippen LogP contribution in [-0.4, -0.2) is 51.4 Å². The number of nitrogens with two attached hydrogens (primary N) is 1. The molecular formula is C7H13NO4. The van der Waals surface area contributed by atoms with Crippen molar-refractivity contribution in [3.05, 3.63) is 11.6 Å². The second-order valence-corrected chi connectivity index (χ2v) is 2.90. The number of hydrogen-bond donors (Lipinski definition) is 5. The van der Waals surface area contributed by atoms with Crippen LogP contribution in [-0.2, 0) is 0 Å². The maximum atomic E-state index is 9.23. The quantitative estimate of drug-likeness (QED) is 0.279. The molecule has 0 radical (unpaired) electrons. The Labute approximate surface area is 69.8 Å². The first kappa shape index (κ1) is 9.63. The summed E-state index contributed by atoms with van der Waals surface area (Å²) < 4.78 is 0. The first-order chi connectivity index (χ1) is 5.57.